The van der Waals surface area contributed by atoms with Crippen LogP contribution < -0.4 is 17.2 Å². The molecule has 0 aromatic heterocycles. The number of nitrogens with two attached hydrogens (primary N) is 3. The molecule has 4 nitrogen and oxygen atoms in total. The molecule has 18 heavy (non-hydrogen) atoms. The van der Waals surface area contributed by atoms with Gasteiger partial charge >= 0.3 is 0 Å². The summed E-state index contributed by atoms with van der Waals surface area (Å²) in [6.45, 7) is 0. The van der Waals surface area contributed by atoms with Gasteiger partial charge in [0.1, 0.15) is 5.76 Å². The van der Waals surface area contributed by atoms with Crippen LogP contribution in [0.3, 0.4) is 0 Å². The zero-order valence-corrected chi connectivity index (χ0v) is 10.5. The van der Waals surface area contributed by atoms with Crippen LogP contribution in [0.2, 0.25) is 0 Å². The van der Waals surface area contributed by atoms with E-state index >= 15 is 0 Å². The number of methoxy groups -OCH3 is 1. The van der Waals surface area contributed by atoms with E-state index in [1.54, 1.807) is 7.11 Å². The van der Waals surface area contributed by atoms with Crippen LogP contribution >= 0.6 is 0 Å². The highest BCUT2D eigenvalue weighted by atomic mass is 16.5. The number of anilines is 1. The van der Waals surface area contributed by atoms with Crippen molar-refractivity contribution in [3.63, 3.8) is 0 Å². The van der Waals surface area contributed by atoms with E-state index in [1.807, 2.05) is 36.4 Å². The van der Waals surface area contributed by atoms with Gasteiger partial charge < -0.3 is 21.9 Å². The van der Waals surface area contributed by atoms with E-state index in [0.29, 0.717) is 12.8 Å². The second kappa shape index (κ2) is 4.74. The molecule has 0 bridgehead atoms. The van der Waals surface area contributed by atoms with E-state index in [2.05, 4.69) is 0 Å². The van der Waals surface area contributed by atoms with Crippen molar-refractivity contribution in [3.8, 4) is 0 Å². The highest BCUT2D eigenvalue weighted by Gasteiger charge is 2.33. The van der Waals surface area contributed by atoms with Gasteiger partial charge in [0.15, 0.2) is 0 Å². The first-order valence-corrected chi connectivity index (χ1v) is 5.87. The number of hydrogen-bond donors (Lipinski definition) is 3. The SMILES string of the molecule is COC1=CC=C(N)CC1(N)Cc1ccc(N)cc1. The first-order chi connectivity index (χ1) is 8.53. The molecule has 0 heterocycles. The Balaban J connectivity index is 2.23. The van der Waals surface area contributed by atoms with E-state index in [0.717, 1.165) is 22.7 Å². The minimum Gasteiger partial charge on any atom is -0.499 e. The van der Waals surface area contributed by atoms with Gasteiger partial charge in [0, 0.05) is 17.8 Å². The molecule has 0 aliphatic heterocycles. The molecular formula is C14H19N3O. The fourth-order valence-electron chi connectivity index (χ4n) is 2.28. The summed E-state index contributed by atoms with van der Waals surface area (Å²) in [6, 6.07) is 7.70. The van der Waals surface area contributed by atoms with Crippen LogP contribution in [0.15, 0.2) is 47.9 Å². The van der Waals surface area contributed by atoms with Crippen molar-refractivity contribution in [3.05, 3.63) is 53.4 Å². The molecule has 1 atom stereocenters. The number of nitrogen functional groups attached to an aromatic ring is 1. The normalized spacial score (nSPS) is 23.2. The van der Waals surface area contributed by atoms with Crippen LogP contribution in [-0.2, 0) is 11.2 Å². The molecule has 1 aliphatic rings. The molecule has 0 spiro atoms. The third kappa shape index (κ3) is 2.49. The molecule has 0 fully saturated rings. The molecule has 6 N–H and O–H groups in total. The van der Waals surface area contributed by atoms with E-state index < -0.39 is 5.54 Å². The predicted octanol–water partition coefficient (Wildman–Crippen LogP) is 1.29. The highest BCUT2D eigenvalue weighted by Crippen LogP contribution is 2.29. The Hall–Kier alpha value is -1.94. The van der Waals surface area contributed by atoms with Gasteiger partial charge in [-0.15, -0.1) is 0 Å². The Morgan fingerprint density at radius 1 is 1.17 bits per heavy atom. The van der Waals surface area contributed by atoms with Crippen LogP contribution in [0, 0.1) is 0 Å². The van der Waals surface area contributed by atoms with Crippen LogP contribution in [-0.4, -0.2) is 12.6 Å². The van der Waals surface area contributed by atoms with Crippen molar-refractivity contribution in [2.45, 2.75) is 18.4 Å². The number of allylic oxidation sites excluding steroid dienone is 2. The van der Waals surface area contributed by atoms with E-state index in [9.17, 15) is 0 Å². The molecule has 1 unspecified atom stereocenters. The Morgan fingerprint density at radius 3 is 2.44 bits per heavy atom. The van der Waals surface area contributed by atoms with Gasteiger partial charge in [-0.2, -0.15) is 0 Å². The van der Waals surface area contributed by atoms with Crippen molar-refractivity contribution < 1.29 is 4.74 Å². The maximum atomic E-state index is 6.43. The fraction of sp³-hybridized carbons (Fsp3) is 0.286. The van der Waals surface area contributed by atoms with Crippen LogP contribution in [0.1, 0.15) is 12.0 Å². The summed E-state index contributed by atoms with van der Waals surface area (Å²) in [6.07, 6.45) is 4.95. The highest BCUT2D eigenvalue weighted by molar-refractivity contribution is 5.41. The molecule has 0 radical (unpaired) electrons. The number of rotatable bonds is 3. The first-order valence-electron chi connectivity index (χ1n) is 5.87. The smallest absolute Gasteiger partial charge is 0.116 e. The minimum atomic E-state index is -0.580. The second-order valence-corrected chi connectivity index (χ2v) is 4.73. The largest absolute Gasteiger partial charge is 0.499 e. The lowest BCUT2D eigenvalue weighted by atomic mass is 9.82. The first kappa shape index (κ1) is 12.5. The van der Waals surface area contributed by atoms with Crippen LogP contribution in [0.5, 0.6) is 0 Å². The van der Waals surface area contributed by atoms with Crippen LogP contribution in [0.25, 0.3) is 0 Å². The molecule has 0 saturated carbocycles. The van der Waals surface area contributed by atoms with Crippen molar-refractivity contribution in [1.29, 1.82) is 0 Å². The number of benzene rings is 1. The number of hydrogen-bond acceptors (Lipinski definition) is 4. The molecule has 0 saturated heterocycles. The fourth-order valence-corrected chi connectivity index (χ4v) is 2.28. The maximum absolute atomic E-state index is 6.43. The van der Waals surface area contributed by atoms with Gasteiger partial charge in [-0.1, -0.05) is 12.1 Å². The zero-order valence-electron chi connectivity index (χ0n) is 10.5. The second-order valence-electron chi connectivity index (χ2n) is 4.73. The monoisotopic (exact) mass is 245 g/mol. The van der Waals surface area contributed by atoms with Crippen molar-refractivity contribution in [2.24, 2.45) is 11.5 Å². The molecule has 4 heteroatoms. The third-order valence-electron chi connectivity index (χ3n) is 3.18. The van der Waals surface area contributed by atoms with Gasteiger partial charge in [-0.05, 0) is 36.3 Å². The van der Waals surface area contributed by atoms with E-state index in [-0.39, 0.29) is 0 Å². The molecule has 1 aliphatic carbocycles. The molecule has 0 amide bonds. The molecule has 1 aromatic carbocycles. The summed E-state index contributed by atoms with van der Waals surface area (Å²) in [5.74, 6) is 0.758. The minimum absolute atomic E-state index is 0.580. The van der Waals surface area contributed by atoms with Gasteiger partial charge in [0.05, 0.1) is 12.6 Å². The quantitative estimate of drug-likeness (QED) is 0.700. The summed E-state index contributed by atoms with van der Waals surface area (Å²) >= 11 is 0. The summed E-state index contributed by atoms with van der Waals surface area (Å²) in [4.78, 5) is 0. The van der Waals surface area contributed by atoms with Crippen molar-refractivity contribution >= 4 is 5.69 Å². The van der Waals surface area contributed by atoms with E-state index in [1.165, 1.54) is 0 Å². The van der Waals surface area contributed by atoms with E-state index in [4.69, 9.17) is 21.9 Å². The lowest BCUT2D eigenvalue weighted by molar-refractivity contribution is 0.215. The summed E-state index contributed by atoms with van der Waals surface area (Å²) in [5, 5.41) is 0. The van der Waals surface area contributed by atoms with Gasteiger partial charge in [-0.3, -0.25) is 0 Å². The summed E-state index contributed by atoms with van der Waals surface area (Å²) < 4.78 is 5.36. The number of ether oxygens (including phenoxy) is 1. The van der Waals surface area contributed by atoms with Gasteiger partial charge in [0.2, 0.25) is 0 Å². The average Bonchev–Trinajstić information content (AvgIpc) is 2.32. The molecule has 1 aromatic rings. The topological polar surface area (TPSA) is 87.3 Å². The Bertz CT molecular complexity index is 490. The lowest BCUT2D eigenvalue weighted by Gasteiger charge is -2.33. The van der Waals surface area contributed by atoms with Crippen molar-refractivity contribution in [1.82, 2.24) is 0 Å². The average molecular weight is 245 g/mol. The Morgan fingerprint density at radius 2 is 1.83 bits per heavy atom. The zero-order chi connectivity index (χ0) is 13.2. The third-order valence-corrected chi connectivity index (χ3v) is 3.18. The molecule has 96 valence electrons. The van der Waals surface area contributed by atoms with Crippen molar-refractivity contribution in [2.75, 3.05) is 12.8 Å². The summed E-state index contributed by atoms with van der Waals surface area (Å²) in [5.41, 5.74) is 20.0. The predicted molar refractivity (Wildman–Crippen MR) is 73.5 cm³/mol. The maximum Gasteiger partial charge on any atom is 0.116 e. The Kier molecular flexibility index (Phi) is 3.30. The van der Waals surface area contributed by atoms with Gasteiger partial charge in [-0.25, -0.2) is 0 Å². The molecule has 2 rings (SSSR count). The summed E-state index contributed by atoms with van der Waals surface area (Å²) in [7, 11) is 1.63. The molecular weight excluding hydrogens is 226 g/mol. The standard InChI is InChI=1S/C14H19N3O/c1-18-13-7-6-12(16)9-14(13,17)8-10-2-4-11(15)5-3-10/h2-7H,8-9,15-17H2,1H3. The van der Waals surface area contributed by atoms with Crippen LogP contribution in [0.4, 0.5) is 5.69 Å². The Labute approximate surface area is 107 Å². The van der Waals surface area contributed by atoms with Gasteiger partial charge in [0.25, 0.3) is 0 Å². The lowest BCUT2D eigenvalue weighted by Crippen LogP contribution is -2.47.